The summed E-state index contributed by atoms with van der Waals surface area (Å²) in [6.45, 7) is 2.37. The first-order valence-corrected chi connectivity index (χ1v) is 7.70. The summed E-state index contributed by atoms with van der Waals surface area (Å²) in [5.74, 6) is -0.262. The van der Waals surface area contributed by atoms with Crippen molar-refractivity contribution in [2.45, 2.75) is 31.8 Å². The molecule has 1 rings (SSSR count). The van der Waals surface area contributed by atoms with Crippen LogP contribution >= 0.6 is 23.2 Å². The predicted molar refractivity (Wildman–Crippen MR) is 87.3 cm³/mol. The van der Waals surface area contributed by atoms with Crippen molar-refractivity contribution in [2.24, 2.45) is 0 Å². The Labute approximate surface area is 140 Å². The van der Waals surface area contributed by atoms with Crippen LogP contribution in [0.2, 0.25) is 10.0 Å². The highest BCUT2D eigenvalue weighted by Gasteiger charge is 2.21. The number of rotatable bonds is 9. The zero-order chi connectivity index (χ0) is 16.5. The van der Waals surface area contributed by atoms with Crippen molar-refractivity contribution in [3.63, 3.8) is 0 Å². The van der Waals surface area contributed by atoms with Crippen LogP contribution in [0.1, 0.15) is 18.9 Å². The molecule has 1 aromatic carbocycles. The molecule has 0 fully saturated rings. The molecule has 0 spiro atoms. The maximum absolute atomic E-state index is 12.3. The molecule has 5 nitrogen and oxygen atoms in total. The second-order valence-electron chi connectivity index (χ2n) is 4.86. The normalized spacial score (nSPS) is 13.3. The summed E-state index contributed by atoms with van der Waals surface area (Å²) in [6, 6.07) is 4.34. The largest absolute Gasteiger partial charge is 0.383 e. The third kappa shape index (κ3) is 5.83. The van der Waals surface area contributed by atoms with Gasteiger partial charge in [-0.2, -0.15) is 0 Å². The highest BCUT2D eigenvalue weighted by atomic mass is 35.5. The highest BCUT2D eigenvalue weighted by molar-refractivity contribution is 6.42. The van der Waals surface area contributed by atoms with Crippen LogP contribution in [0.15, 0.2) is 18.2 Å². The van der Waals surface area contributed by atoms with Crippen LogP contribution in [-0.4, -0.2) is 38.1 Å². The fraction of sp³-hybridized carbons (Fsp3) is 0.467. The minimum Gasteiger partial charge on any atom is -0.383 e. The molecule has 22 heavy (non-hydrogen) atoms. The molecular weight excluding hydrogens is 327 g/mol. The minimum atomic E-state index is -0.680. The number of halogens is 2. The molecule has 122 valence electrons. The number of hydrogen-bond acceptors (Lipinski definition) is 3. The SMILES string of the molecule is CCC(COC)NC(=O)C(Cc1ccc(Cl)c(Cl)c1)NC=O. The zero-order valence-corrected chi connectivity index (χ0v) is 14.1. The van der Waals surface area contributed by atoms with Gasteiger partial charge in [0, 0.05) is 13.5 Å². The maximum atomic E-state index is 12.3. The standard InChI is InChI=1S/C15H20Cl2N2O3/c1-3-11(8-22-2)19-15(21)14(18-9-20)7-10-4-5-12(16)13(17)6-10/h4-6,9,11,14H,3,7-8H2,1-2H3,(H,18,20)(H,19,21). The van der Waals surface area contributed by atoms with Crippen LogP contribution in [0, 0.1) is 0 Å². The fourth-order valence-electron chi connectivity index (χ4n) is 1.98. The second-order valence-corrected chi connectivity index (χ2v) is 5.67. The average molecular weight is 347 g/mol. The van der Waals surface area contributed by atoms with E-state index in [2.05, 4.69) is 10.6 Å². The first-order chi connectivity index (χ1) is 10.5. The molecule has 2 N–H and O–H groups in total. The first kappa shape index (κ1) is 18.7. The van der Waals surface area contributed by atoms with E-state index in [-0.39, 0.29) is 11.9 Å². The third-order valence-electron chi connectivity index (χ3n) is 3.22. The lowest BCUT2D eigenvalue weighted by Crippen LogP contribution is -2.49. The minimum absolute atomic E-state index is 0.0951. The lowest BCUT2D eigenvalue weighted by molar-refractivity contribution is -0.126. The topological polar surface area (TPSA) is 67.4 Å². The van der Waals surface area contributed by atoms with E-state index in [0.717, 1.165) is 12.0 Å². The van der Waals surface area contributed by atoms with Crippen molar-refractivity contribution >= 4 is 35.5 Å². The molecule has 0 heterocycles. The van der Waals surface area contributed by atoms with Crippen LogP contribution in [0.25, 0.3) is 0 Å². The van der Waals surface area contributed by atoms with Crippen LogP contribution < -0.4 is 10.6 Å². The van der Waals surface area contributed by atoms with Gasteiger partial charge in [-0.3, -0.25) is 9.59 Å². The molecule has 2 unspecified atom stereocenters. The van der Waals surface area contributed by atoms with Gasteiger partial charge in [-0.25, -0.2) is 0 Å². The summed E-state index contributed by atoms with van der Waals surface area (Å²) >= 11 is 11.8. The Morgan fingerprint density at radius 3 is 2.64 bits per heavy atom. The quantitative estimate of drug-likeness (QED) is 0.673. The number of hydrogen-bond donors (Lipinski definition) is 2. The molecule has 1 aromatic rings. The van der Waals surface area contributed by atoms with Gasteiger partial charge in [0.25, 0.3) is 0 Å². The number of carbonyl (C=O) groups is 2. The monoisotopic (exact) mass is 346 g/mol. The van der Waals surface area contributed by atoms with Crippen LogP contribution in [0.5, 0.6) is 0 Å². The van der Waals surface area contributed by atoms with Crippen molar-refractivity contribution in [2.75, 3.05) is 13.7 Å². The highest BCUT2D eigenvalue weighted by Crippen LogP contribution is 2.23. The van der Waals surface area contributed by atoms with Crippen molar-refractivity contribution in [1.29, 1.82) is 0 Å². The van der Waals surface area contributed by atoms with Crippen molar-refractivity contribution in [3.05, 3.63) is 33.8 Å². The van der Waals surface area contributed by atoms with E-state index in [1.54, 1.807) is 25.3 Å². The number of benzene rings is 1. The molecule has 7 heteroatoms. The second kappa shape index (κ2) is 9.66. The number of carbonyl (C=O) groups excluding carboxylic acids is 2. The summed E-state index contributed by atoms with van der Waals surface area (Å²) in [7, 11) is 1.58. The average Bonchev–Trinajstić information content (AvgIpc) is 2.49. The molecular formula is C15H20Cl2N2O3. The molecule has 2 atom stereocenters. The van der Waals surface area contributed by atoms with Gasteiger partial charge in [0.1, 0.15) is 6.04 Å². The van der Waals surface area contributed by atoms with Gasteiger partial charge in [0.05, 0.1) is 22.7 Å². The number of methoxy groups -OCH3 is 1. The Morgan fingerprint density at radius 2 is 2.09 bits per heavy atom. The van der Waals surface area contributed by atoms with Gasteiger partial charge in [-0.15, -0.1) is 0 Å². The van der Waals surface area contributed by atoms with E-state index < -0.39 is 6.04 Å². The Balaban J connectivity index is 2.76. The van der Waals surface area contributed by atoms with Crippen LogP contribution in [-0.2, 0) is 20.7 Å². The number of nitrogens with one attached hydrogen (secondary N) is 2. The molecule has 0 aliphatic carbocycles. The summed E-state index contributed by atoms with van der Waals surface area (Å²) < 4.78 is 5.05. The fourth-order valence-corrected chi connectivity index (χ4v) is 2.30. The van der Waals surface area contributed by atoms with E-state index in [0.29, 0.717) is 29.5 Å². The molecule has 0 radical (unpaired) electrons. The molecule has 0 bridgehead atoms. The van der Waals surface area contributed by atoms with Crippen molar-refractivity contribution < 1.29 is 14.3 Å². The molecule has 2 amide bonds. The number of amides is 2. The van der Waals surface area contributed by atoms with Crippen LogP contribution in [0.3, 0.4) is 0 Å². The van der Waals surface area contributed by atoms with Crippen molar-refractivity contribution in [3.8, 4) is 0 Å². The van der Waals surface area contributed by atoms with Gasteiger partial charge in [0.2, 0.25) is 12.3 Å². The van der Waals surface area contributed by atoms with E-state index in [1.165, 1.54) is 0 Å². The third-order valence-corrected chi connectivity index (χ3v) is 3.96. The molecule has 0 aliphatic rings. The van der Waals surface area contributed by atoms with Gasteiger partial charge in [-0.1, -0.05) is 36.2 Å². The van der Waals surface area contributed by atoms with Gasteiger partial charge in [0.15, 0.2) is 0 Å². The summed E-state index contributed by atoms with van der Waals surface area (Å²) in [4.78, 5) is 23.0. The van der Waals surface area contributed by atoms with E-state index in [9.17, 15) is 9.59 Å². The molecule has 0 aliphatic heterocycles. The molecule has 0 aromatic heterocycles. The Kier molecular flexibility index (Phi) is 8.24. The van der Waals surface area contributed by atoms with Crippen LogP contribution in [0.4, 0.5) is 0 Å². The van der Waals surface area contributed by atoms with Gasteiger partial charge >= 0.3 is 0 Å². The summed E-state index contributed by atoms with van der Waals surface area (Å²) in [6.07, 6.45) is 1.57. The summed E-state index contributed by atoms with van der Waals surface area (Å²) in [5.41, 5.74) is 0.809. The lowest BCUT2D eigenvalue weighted by atomic mass is 10.0. The number of ether oxygens (including phenoxy) is 1. The summed E-state index contributed by atoms with van der Waals surface area (Å²) in [5, 5.41) is 6.24. The first-order valence-electron chi connectivity index (χ1n) is 6.94. The van der Waals surface area contributed by atoms with Gasteiger partial charge < -0.3 is 15.4 Å². The van der Waals surface area contributed by atoms with E-state index in [1.807, 2.05) is 6.92 Å². The lowest BCUT2D eigenvalue weighted by Gasteiger charge is -2.21. The molecule has 0 saturated heterocycles. The Morgan fingerprint density at radius 1 is 1.36 bits per heavy atom. The Hall–Kier alpha value is -1.30. The smallest absolute Gasteiger partial charge is 0.243 e. The van der Waals surface area contributed by atoms with E-state index >= 15 is 0 Å². The molecule has 0 saturated carbocycles. The predicted octanol–water partition coefficient (Wildman–Crippen LogP) is 2.19. The van der Waals surface area contributed by atoms with Crippen molar-refractivity contribution in [1.82, 2.24) is 10.6 Å². The zero-order valence-electron chi connectivity index (χ0n) is 12.6. The Bertz CT molecular complexity index is 512. The maximum Gasteiger partial charge on any atom is 0.243 e. The van der Waals surface area contributed by atoms with Gasteiger partial charge in [-0.05, 0) is 24.1 Å². The van der Waals surface area contributed by atoms with E-state index in [4.69, 9.17) is 27.9 Å².